The van der Waals surface area contributed by atoms with Gasteiger partial charge < -0.3 is 9.52 Å². The summed E-state index contributed by atoms with van der Waals surface area (Å²) in [5, 5.41) is 9.00. The maximum absolute atomic E-state index is 12.4. The predicted octanol–water partition coefficient (Wildman–Crippen LogP) is 2.88. The molecule has 0 bridgehead atoms. The average molecular weight is 374 g/mol. The Bertz CT molecular complexity index is 722. The number of benzene rings is 1. The van der Waals surface area contributed by atoms with Crippen molar-refractivity contribution in [3.8, 4) is 0 Å². The third kappa shape index (κ3) is 3.74. The van der Waals surface area contributed by atoms with Crippen molar-refractivity contribution < 1.29 is 17.9 Å². The van der Waals surface area contributed by atoms with Gasteiger partial charge in [0, 0.05) is 12.1 Å². The normalized spacial score (nSPS) is 13.3. The first-order chi connectivity index (χ1) is 9.83. The number of aliphatic hydroxyl groups excluding tert-OH is 1. The van der Waals surface area contributed by atoms with Gasteiger partial charge in [-0.05, 0) is 35.3 Å². The molecule has 0 amide bonds. The quantitative estimate of drug-likeness (QED) is 0.844. The highest BCUT2D eigenvalue weighted by molar-refractivity contribution is 9.10. The minimum Gasteiger partial charge on any atom is -0.450 e. The summed E-state index contributed by atoms with van der Waals surface area (Å²) in [6.45, 7) is 3.38. The summed E-state index contributed by atoms with van der Waals surface area (Å²) in [4.78, 5) is -0.0227. The highest BCUT2D eigenvalue weighted by Gasteiger charge is 2.24. The highest BCUT2D eigenvalue weighted by Crippen LogP contribution is 2.27. The zero-order valence-electron chi connectivity index (χ0n) is 11.6. The van der Waals surface area contributed by atoms with E-state index < -0.39 is 10.0 Å². The molecule has 1 heterocycles. The van der Waals surface area contributed by atoms with Crippen molar-refractivity contribution >= 4 is 26.0 Å². The van der Waals surface area contributed by atoms with Crippen LogP contribution in [-0.4, -0.2) is 13.5 Å². The van der Waals surface area contributed by atoms with E-state index in [0.29, 0.717) is 0 Å². The van der Waals surface area contributed by atoms with Gasteiger partial charge in [0.2, 0.25) is 10.0 Å². The second-order valence-electron chi connectivity index (χ2n) is 4.76. The van der Waals surface area contributed by atoms with Crippen LogP contribution in [0.4, 0.5) is 0 Å². The van der Waals surface area contributed by atoms with E-state index in [0.717, 1.165) is 11.1 Å². The van der Waals surface area contributed by atoms with E-state index >= 15 is 0 Å². The smallest absolute Gasteiger partial charge is 0.245 e. The Labute approximate surface area is 132 Å². The Morgan fingerprint density at radius 3 is 2.48 bits per heavy atom. The number of nitrogens with one attached hydrogen (secondary N) is 1. The van der Waals surface area contributed by atoms with Crippen LogP contribution in [0.5, 0.6) is 0 Å². The zero-order valence-corrected chi connectivity index (χ0v) is 14.0. The maximum atomic E-state index is 12.4. The number of furan rings is 1. The molecule has 0 spiro atoms. The number of rotatable bonds is 5. The first-order valence-corrected chi connectivity index (χ1v) is 8.59. The third-order valence-corrected chi connectivity index (χ3v) is 5.46. The number of hydrogen-bond acceptors (Lipinski definition) is 4. The fourth-order valence-electron chi connectivity index (χ4n) is 1.88. The standard InChI is InChI=1S/C14H16BrNO4S/c1-9-3-5-11(6-4-9)10(2)16-21(18,19)13-7-12(8-17)20-14(13)15/h3-7,10,16-17H,8H2,1-2H3. The molecule has 0 aliphatic carbocycles. The molecule has 7 heteroatoms. The van der Waals surface area contributed by atoms with E-state index in [1.54, 1.807) is 6.92 Å². The van der Waals surface area contributed by atoms with E-state index in [9.17, 15) is 8.42 Å². The van der Waals surface area contributed by atoms with Crippen molar-refractivity contribution in [2.45, 2.75) is 31.4 Å². The molecule has 0 saturated heterocycles. The third-order valence-electron chi connectivity index (χ3n) is 3.06. The van der Waals surface area contributed by atoms with Crippen LogP contribution in [0.25, 0.3) is 0 Å². The summed E-state index contributed by atoms with van der Waals surface area (Å²) in [7, 11) is -3.74. The van der Waals surface area contributed by atoms with Crippen LogP contribution in [0.1, 0.15) is 29.9 Å². The molecule has 21 heavy (non-hydrogen) atoms. The molecule has 5 nitrogen and oxygen atoms in total. The van der Waals surface area contributed by atoms with Crippen LogP contribution in [0.3, 0.4) is 0 Å². The lowest BCUT2D eigenvalue weighted by molar-refractivity contribution is 0.245. The van der Waals surface area contributed by atoms with Gasteiger partial charge in [-0.15, -0.1) is 0 Å². The van der Waals surface area contributed by atoms with Gasteiger partial charge in [-0.25, -0.2) is 13.1 Å². The van der Waals surface area contributed by atoms with E-state index in [1.807, 2.05) is 31.2 Å². The van der Waals surface area contributed by atoms with Gasteiger partial charge in [0.15, 0.2) is 4.67 Å². The lowest BCUT2D eigenvalue weighted by Crippen LogP contribution is -2.26. The molecule has 1 aromatic heterocycles. The van der Waals surface area contributed by atoms with Crippen LogP contribution in [0.15, 0.2) is 44.3 Å². The van der Waals surface area contributed by atoms with Crippen LogP contribution >= 0.6 is 15.9 Å². The van der Waals surface area contributed by atoms with Crippen LogP contribution in [0.2, 0.25) is 0 Å². The summed E-state index contributed by atoms with van der Waals surface area (Å²) < 4.78 is 32.5. The molecule has 0 aliphatic heterocycles. The van der Waals surface area contributed by atoms with Crippen molar-refractivity contribution in [2.24, 2.45) is 0 Å². The van der Waals surface area contributed by atoms with Crippen LogP contribution in [0, 0.1) is 6.92 Å². The van der Waals surface area contributed by atoms with Gasteiger partial charge in [0.25, 0.3) is 0 Å². The molecule has 1 atom stereocenters. The van der Waals surface area contributed by atoms with Crippen molar-refractivity contribution in [3.63, 3.8) is 0 Å². The Morgan fingerprint density at radius 2 is 1.95 bits per heavy atom. The van der Waals surface area contributed by atoms with Crippen LogP contribution in [-0.2, 0) is 16.6 Å². The Kier molecular flexibility index (Phi) is 4.88. The molecular formula is C14H16BrNO4S. The van der Waals surface area contributed by atoms with E-state index in [4.69, 9.17) is 9.52 Å². The zero-order chi connectivity index (χ0) is 15.6. The monoisotopic (exact) mass is 373 g/mol. The van der Waals surface area contributed by atoms with Crippen molar-refractivity contribution in [1.82, 2.24) is 4.72 Å². The lowest BCUT2D eigenvalue weighted by atomic mass is 10.1. The SMILES string of the molecule is Cc1ccc(C(C)NS(=O)(=O)c2cc(CO)oc2Br)cc1. The number of aliphatic hydroxyl groups is 1. The van der Waals surface area contributed by atoms with Crippen LogP contribution < -0.4 is 4.72 Å². The molecule has 0 radical (unpaired) electrons. The molecule has 1 unspecified atom stereocenters. The maximum Gasteiger partial charge on any atom is 0.245 e. The minimum atomic E-state index is -3.74. The molecule has 2 N–H and O–H groups in total. The van der Waals surface area contributed by atoms with Crippen molar-refractivity contribution in [1.29, 1.82) is 0 Å². The molecule has 0 saturated carbocycles. The molecule has 2 rings (SSSR count). The van der Waals surface area contributed by atoms with Gasteiger partial charge in [-0.3, -0.25) is 0 Å². The summed E-state index contributed by atoms with van der Waals surface area (Å²) in [5.41, 5.74) is 1.98. The van der Waals surface area contributed by atoms with E-state index in [-0.39, 0.29) is 28.0 Å². The van der Waals surface area contributed by atoms with E-state index in [1.165, 1.54) is 6.07 Å². The number of sulfonamides is 1. The highest BCUT2D eigenvalue weighted by atomic mass is 79.9. The predicted molar refractivity (Wildman–Crippen MR) is 82.2 cm³/mol. The van der Waals surface area contributed by atoms with Crippen molar-refractivity contribution in [2.75, 3.05) is 0 Å². The summed E-state index contributed by atoms with van der Waals surface area (Å²) >= 11 is 3.05. The average Bonchev–Trinajstić information content (AvgIpc) is 2.81. The fraction of sp³-hybridized carbons (Fsp3) is 0.286. The van der Waals surface area contributed by atoms with Gasteiger partial charge in [0.1, 0.15) is 17.3 Å². The first kappa shape index (κ1) is 16.2. The molecule has 0 fully saturated rings. The second-order valence-corrected chi connectivity index (χ2v) is 7.17. The second kappa shape index (κ2) is 6.31. The Balaban J connectivity index is 2.24. The van der Waals surface area contributed by atoms with Gasteiger partial charge in [-0.2, -0.15) is 0 Å². The van der Waals surface area contributed by atoms with Crippen molar-refractivity contribution in [3.05, 3.63) is 51.9 Å². The molecule has 114 valence electrons. The minimum absolute atomic E-state index is 0.0227. The summed E-state index contributed by atoms with van der Waals surface area (Å²) in [6.07, 6.45) is 0. The van der Waals surface area contributed by atoms with Gasteiger partial charge in [-0.1, -0.05) is 29.8 Å². The van der Waals surface area contributed by atoms with E-state index in [2.05, 4.69) is 20.7 Å². The summed E-state index contributed by atoms with van der Waals surface area (Å²) in [5.74, 6) is 0.185. The number of aryl methyl sites for hydroxylation is 1. The Morgan fingerprint density at radius 1 is 1.33 bits per heavy atom. The lowest BCUT2D eigenvalue weighted by Gasteiger charge is -2.14. The number of hydrogen-bond donors (Lipinski definition) is 2. The summed E-state index contributed by atoms with van der Waals surface area (Å²) in [6, 6.07) is 8.54. The topological polar surface area (TPSA) is 79.5 Å². The Hall–Kier alpha value is -1.15. The van der Waals surface area contributed by atoms with Gasteiger partial charge in [0.05, 0.1) is 0 Å². The first-order valence-electron chi connectivity index (χ1n) is 6.31. The number of halogens is 1. The van der Waals surface area contributed by atoms with Gasteiger partial charge >= 0.3 is 0 Å². The molecule has 2 aromatic rings. The molecule has 1 aromatic carbocycles. The largest absolute Gasteiger partial charge is 0.450 e. The fourth-order valence-corrected chi connectivity index (χ4v) is 4.11. The molecule has 0 aliphatic rings. The molecular weight excluding hydrogens is 358 g/mol.